The summed E-state index contributed by atoms with van der Waals surface area (Å²) < 4.78 is 0. The van der Waals surface area contributed by atoms with E-state index in [1.165, 1.54) is 0 Å². The molecule has 0 amide bonds. The van der Waals surface area contributed by atoms with Gasteiger partial charge >= 0.3 is 0 Å². The highest BCUT2D eigenvalue weighted by Crippen LogP contribution is 2.18. The lowest BCUT2D eigenvalue weighted by atomic mass is 10.1. The Balaban J connectivity index is 2.29. The van der Waals surface area contributed by atoms with Gasteiger partial charge in [0, 0.05) is 11.8 Å². The maximum absolute atomic E-state index is 9.59. The molecule has 1 aromatic carbocycles. The normalized spacial score (nSPS) is 10.8. The van der Waals surface area contributed by atoms with Gasteiger partial charge in [-0.3, -0.25) is 4.98 Å². The molecule has 0 saturated carbocycles. The number of phenolic OH excluding ortho intramolecular Hbond substituents is 1. The van der Waals surface area contributed by atoms with E-state index in [1.54, 1.807) is 18.3 Å². The predicted octanol–water partition coefficient (Wildman–Crippen LogP) is 3.27. The second-order valence-electron chi connectivity index (χ2n) is 3.60. The minimum Gasteiger partial charge on any atom is -0.507 e. The van der Waals surface area contributed by atoms with E-state index in [0.29, 0.717) is 0 Å². The molecular weight excluding hydrogens is 198 g/mol. The summed E-state index contributed by atoms with van der Waals surface area (Å²) in [4.78, 5) is 4.25. The van der Waals surface area contributed by atoms with Gasteiger partial charge in [-0.1, -0.05) is 24.3 Å². The molecule has 2 rings (SSSR count). The highest BCUT2D eigenvalue weighted by molar-refractivity contribution is 5.71. The first kappa shape index (κ1) is 10.4. The van der Waals surface area contributed by atoms with Gasteiger partial charge in [0.2, 0.25) is 0 Å². The summed E-state index contributed by atoms with van der Waals surface area (Å²) in [6.45, 7) is 2.01. The average Bonchev–Trinajstić information content (AvgIpc) is 2.30. The van der Waals surface area contributed by atoms with Crippen LogP contribution >= 0.6 is 0 Å². The third kappa shape index (κ3) is 2.28. The van der Waals surface area contributed by atoms with E-state index in [2.05, 4.69) is 4.98 Å². The van der Waals surface area contributed by atoms with E-state index in [-0.39, 0.29) is 5.75 Å². The van der Waals surface area contributed by atoms with E-state index in [9.17, 15) is 5.11 Å². The molecule has 1 heterocycles. The molecule has 0 aliphatic carbocycles. The van der Waals surface area contributed by atoms with Crippen LogP contribution < -0.4 is 0 Å². The number of aromatic nitrogens is 1. The Bertz CT molecular complexity index is 470. The van der Waals surface area contributed by atoms with Crippen LogP contribution in [-0.2, 0) is 0 Å². The molecule has 0 spiro atoms. The highest BCUT2D eigenvalue weighted by atomic mass is 16.3. The Labute approximate surface area is 94.9 Å². The number of rotatable bonds is 2. The van der Waals surface area contributed by atoms with Crippen LogP contribution in [0.1, 0.15) is 16.8 Å². The van der Waals surface area contributed by atoms with Crippen LogP contribution in [0.25, 0.3) is 12.2 Å². The fourth-order valence-electron chi connectivity index (χ4n) is 1.47. The Morgan fingerprint density at radius 2 is 1.88 bits per heavy atom. The van der Waals surface area contributed by atoms with Crippen LogP contribution in [0.5, 0.6) is 5.75 Å². The van der Waals surface area contributed by atoms with Crippen LogP contribution in [0.4, 0.5) is 0 Å². The van der Waals surface area contributed by atoms with E-state index in [4.69, 9.17) is 0 Å². The third-order valence-corrected chi connectivity index (χ3v) is 2.41. The second-order valence-corrected chi connectivity index (χ2v) is 3.60. The van der Waals surface area contributed by atoms with Crippen molar-refractivity contribution in [2.75, 3.05) is 0 Å². The first-order valence-electron chi connectivity index (χ1n) is 5.15. The number of hydrogen-bond donors (Lipinski definition) is 1. The maximum atomic E-state index is 9.59. The van der Waals surface area contributed by atoms with E-state index in [1.807, 2.05) is 43.3 Å². The number of pyridine rings is 1. The quantitative estimate of drug-likeness (QED) is 0.827. The van der Waals surface area contributed by atoms with Crippen molar-refractivity contribution in [2.45, 2.75) is 6.92 Å². The second kappa shape index (κ2) is 4.62. The van der Waals surface area contributed by atoms with Crippen LogP contribution in [0.3, 0.4) is 0 Å². The van der Waals surface area contributed by atoms with Crippen LogP contribution in [0.2, 0.25) is 0 Å². The summed E-state index contributed by atoms with van der Waals surface area (Å²) >= 11 is 0. The van der Waals surface area contributed by atoms with Gasteiger partial charge in [-0.15, -0.1) is 0 Å². The topological polar surface area (TPSA) is 33.1 Å². The number of aromatic hydroxyl groups is 1. The van der Waals surface area contributed by atoms with Crippen molar-refractivity contribution in [1.29, 1.82) is 0 Å². The molecule has 0 aliphatic rings. The van der Waals surface area contributed by atoms with Gasteiger partial charge < -0.3 is 5.11 Å². The lowest BCUT2D eigenvalue weighted by molar-refractivity contribution is 0.474. The fourth-order valence-corrected chi connectivity index (χ4v) is 1.47. The van der Waals surface area contributed by atoms with Crippen molar-refractivity contribution in [2.24, 2.45) is 0 Å². The van der Waals surface area contributed by atoms with Crippen molar-refractivity contribution in [3.63, 3.8) is 0 Å². The molecule has 0 aliphatic heterocycles. The molecule has 0 bridgehead atoms. The van der Waals surface area contributed by atoms with Gasteiger partial charge in [-0.2, -0.15) is 0 Å². The monoisotopic (exact) mass is 211 g/mol. The molecule has 2 heteroatoms. The molecule has 0 saturated heterocycles. The Hall–Kier alpha value is -2.09. The number of aryl methyl sites for hydroxylation is 1. The summed E-state index contributed by atoms with van der Waals surface area (Å²) in [7, 11) is 0. The molecule has 1 N–H and O–H groups in total. The Morgan fingerprint density at radius 3 is 2.62 bits per heavy atom. The third-order valence-electron chi connectivity index (χ3n) is 2.41. The SMILES string of the molecule is Cc1cccnc1C=Cc1ccccc1O. The van der Waals surface area contributed by atoms with E-state index >= 15 is 0 Å². The molecule has 2 nitrogen and oxygen atoms in total. The standard InChI is InChI=1S/C14H13NO/c1-11-5-4-10-15-13(11)9-8-12-6-2-3-7-14(12)16/h2-10,16H,1H3. The molecule has 0 radical (unpaired) electrons. The summed E-state index contributed by atoms with van der Waals surface area (Å²) in [5, 5.41) is 9.59. The molecule has 80 valence electrons. The Morgan fingerprint density at radius 1 is 1.06 bits per heavy atom. The zero-order chi connectivity index (χ0) is 11.4. The number of phenols is 1. The van der Waals surface area contributed by atoms with Crippen molar-refractivity contribution < 1.29 is 5.11 Å². The summed E-state index contributed by atoms with van der Waals surface area (Å²) in [6.07, 6.45) is 5.53. The number of nitrogens with zero attached hydrogens (tertiary/aromatic N) is 1. The van der Waals surface area contributed by atoms with Gasteiger partial charge in [0.1, 0.15) is 5.75 Å². The molecule has 0 unspecified atom stereocenters. The summed E-state index contributed by atoms with van der Waals surface area (Å²) in [6, 6.07) is 11.2. The zero-order valence-electron chi connectivity index (χ0n) is 9.09. The minimum absolute atomic E-state index is 0.285. The van der Waals surface area contributed by atoms with Crippen LogP contribution in [-0.4, -0.2) is 10.1 Å². The van der Waals surface area contributed by atoms with Gasteiger partial charge in [0.15, 0.2) is 0 Å². The maximum Gasteiger partial charge on any atom is 0.122 e. The molecule has 0 fully saturated rings. The van der Waals surface area contributed by atoms with Crippen molar-refractivity contribution in [3.8, 4) is 5.75 Å². The smallest absolute Gasteiger partial charge is 0.122 e. The van der Waals surface area contributed by atoms with Gasteiger partial charge in [0.05, 0.1) is 5.69 Å². The predicted molar refractivity (Wildman–Crippen MR) is 66.0 cm³/mol. The fraction of sp³-hybridized carbons (Fsp3) is 0.0714. The average molecular weight is 211 g/mol. The lowest BCUT2D eigenvalue weighted by Gasteiger charge is -1.99. The van der Waals surface area contributed by atoms with Crippen LogP contribution in [0, 0.1) is 6.92 Å². The van der Waals surface area contributed by atoms with Gasteiger partial charge in [-0.05, 0) is 36.8 Å². The van der Waals surface area contributed by atoms with Crippen molar-refractivity contribution in [3.05, 3.63) is 59.4 Å². The molecular formula is C14H13NO. The van der Waals surface area contributed by atoms with Gasteiger partial charge in [-0.25, -0.2) is 0 Å². The van der Waals surface area contributed by atoms with E-state index < -0.39 is 0 Å². The zero-order valence-corrected chi connectivity index (χ0v) is 9.09. The lowest BCUT2D eigenvalue weighted by Crippen LogP contribution is -1.84. The largest absolute Gasteiger partial charge is 0.507 e. The first-order valence-corrected chi connectivity index (χ1v) is 5.15. The molecule has 1 aromatic heterocycles. The highest BCUT2D eigenvalue weighted by Gasteiger charge is 1.96. The molecule has 16 heavy (non-hydrogen) atoms. The Kier molecular flexibility index (Phi) is 3.01. The van der Waals surface area contributed by atoms with Gasteiger partial charge in [0.25, 0.3) is 0 Å². The van der Waals surface area contributed by atoms with Crippen molar-refractivity contribution >= 4 is 12.2 Å². The first-order chi connectivity index (χ1) is 7.77. The van der Waals surface area contributed by atoms with Crippen LogP contribution in [0.15, 0.2) is 42.6 Å². The summed E-state index contributed by atoms with van der Waals surface area (Å²) in [5.74, 6) is 0.285. The molecule has 2 aromatic rings. The summed E-state index contributed by atoms with van der Waals surface area (Å²) in [5.41, 5.74) is 2.84. The van der Waals surface area contributed by atoms with E-state index in [0.717, 1.165) is 16.8 Å². The number of hydrogen-bond acceptors (Lipinski definition) is 2. The number of benzene rings is 1. The van der Waals surface area contributed by atoms with Crippen molar-refractivity contribution in [1.82, 2.24) is 4.98 Å². The number of para-hydroxylation sites is 1. The molecule has 0 atom stereocenters. The minimum atomic E-state index is 0.285.